The maximum Gasteiger partial charge on any atom is 0.191 e. The van der Waals surface area contributed by atoms with Crippen molar-refractivity contribution in [1.29, 1.82) is 0 Å². The number of rotatable bonds is 5. The number of halogens is 3. The van der Waals surface area contributed by atoms with E-state index in [1.165, 1.54) is 11.1 Å². The average Bonchev–Trinajstić information content (AvgIpc) is 3.18. The normalized spacial score (nSPS) is 15.4. The van der Waals surface area contributed by atoms with Gasteiger partial charge in [0.05, 0.1) is 11.5 Å². The Kier molecular flexibility index (Phi) is 9.31. The first-order valence-corrected chi connectivity index (χ1v) is 10.6. The fourth-order valence-corrected chi connectivity index (χ4v) is 4.23. The van der Waals surface area contributed by atoms with Gasteiger partial charge in [-0.05, 0) is 55.5 Å². The molecule has 0 radical (unpaired) electrons. The topological polar surface area (TPSA) is 39.7 Å². The molecule has 0 spiro atoms. The molecule has 3 rings (SSSR count). The Balaban J connectivity index is 0.00000261. The Bertz CT molecular complexity index is 733. The van der Waals surface area contributed by atoms with Crippen molar-refractivity contribution in [3.63, 3.8) is 0 Å². The third-order valence-electron chi connectivity index (χ3n) is 4.41. The van der Waals surface area contributed by atoms with Gasteiger partial charge in [0.1, 0.15) is 5.82 Å². The van der Waals surface area contributed by atoms with Gasteiger partial charge in [-0.25, -0.2) is 9.38 Å². The highest BCUT2D eigenvalue weighted by atomic mass is 127. The summed E-state index contributed by atoms with van der Waals surface area (Å²) < 4.78 is 14.8. The standard InChI is InChI=1S/C19H24BrFN4S.HI/c1-2-22-19(23-13-14-12-15(20)5-6-17(14)21)24-16-7-9-25(10-8-16)18-4-3-11-26-18;/h3-6,11-12,16H,2,7-10,13H2,1H3,(H2,22,23,24);1H. The van der Waals surface area contributed by atoms with Gasteiger partial charge in [0.25, 0.3) is 0 Å². The molecule has 0 aliphatic carbocycles. The summed E-state index contributed by atoms with van der Waals surface area (Å²) in [5.41, 5.74) is 0.587. The van der Waals surface area contributed by atoms with E-state index in [1.807, 2.05) is 6.92 Å². The minimum Gasteiger partial charge on any atom is -0.363 e. The van der Waals surface area contributed by atoms with Crippen LogP contribution < -0.4 is 15.5 Å². The van der Waals surface area contributed by atoms with E-state index in [9.17, 15) is 4.39 Å². The van der Waals surface area contributed by atoms with Crippen LogP contribution in [0.4, 0.5) is 9.39 Å². The third-order valence-corrected chi connectivity index (χ3v) is 5.84. The van der Waals surface area contributed by atoms with Gasteiger partial charge in [-0.3, -0.25) is 0 Å². The van der Waals surface area contributed by atoms with Crippen molar-refractivity contribution < 1.29 is 4.39 Å². The van der Waals surface area contributed by atoms with E-state index in [4.69, 9.17) is 0 Å². The molecule has 27 heavy (non-hydrogen) atoms. The highest BCUT2D eigenvalue weighted by Gasteiger charge is 2.20. The lowest BCUT2D eigenvalue weighted by Crippen LogP contribution is -2.48. The van der Waals surface area contributed by atoms with Gasteiger partial charge in [0.15, 0.2) is 5.96 Å². The van der Waals surface area contributed by atoms with E-state index in [-0.39, 0.29) is 29.8 Å². The summed E-state index contributed by atoms with van der Waals surface area (Å²) in [6.07, 6.45) is 2.13. The summed E-state index contributed by atoms with van der Waals surface area (Å²) in [6.45, 7) is 5.21. The molecule has 0 saturated carbocycles. The summed E-state index contributed by atoms with van der Waals surface area (Å²) in [7, 11) is 0. The minimum atomic E-state index is -0.225. The molecule has 1 aliphatic heterocycles. The summed E-state index contributed by atoms with van der Waals surface area (Å²) >= 11 is 5.18. The molecular weight excluding hydrogens is 542 g/mol. The second kappa shape index (κ2) is 11.2. The van der Waals surface area contributed by atoms with Crippen LogP contribution in [0.1, 0.15) is 25.3 Å². The number of thiophene rings is 1. The first-order chi connectivity index (χ1) is 12.7. The van der Waals surface area contributed by atoms with Crippen molar-refractivity contribution in [3.8, 4) is 0 Å². The van der Waals surface area contributed by atoms with Crippen molar-refractivity contribution in [3.05, 3.63) is 51.6 Å². The highest BCUT2D eigenvalue weighted by molar-refractivity contribution is 14.0. The number of nitrogens with one attached hydrogen (secondary N) is 2. The Labute approximate surface area is 189 Å². The molecular formula is C19H25BrFIN4S. The quantitative estimate of drug-likeness (QED) is 0.304. The van der Waals surface area contributed by atoms with Gasteiger partial charge in [-0.15, -0.1) is 35.3 Å². The van der Waals surface area contributed by atoms with Crippen LogP contribution in [-0.2, 0) is 6.54 Å². The maximum absolute atomic E-state index is 13.9. The van der Waals surface area contributed by atoms with Gasteiger partial charge < -0.3 is 15.5 Å². The van der Waals surface area contributed by atoms with Crippen LogP contribution in [0.2, 0.25) is 0 Å². The highest BCUT2D eigenvalue weighted by Crippen LogP contribution is 2.24. The molecule has 2 aromatic rings. The Morgan fingerprint density at radius 2 is 2.11 bits per heavy atom. The molecule has 1 aromatic heterocycles. The average molecular weight is 567 g/mol. The van der Waals surface area contributed by atoms with Gasteiger partial charge in [-0.2, -0.15) is 0 Å². The van der Waals surface area contributed by atoms with E-state index in [2.05, 4.69) is 54.0 Å². The van der Waals surface area contributed by atoms with E-state index in [0.717, 1.165) is 42.9 Å². The number of benzene rings is 1. The number of piperidine rings is 1. The predicted octanol–water partition coefficient (Wildman–Crippen LogP) is 4.99. The fourth-order valence-electron chi connectivity index (χ4n) is 3.04. The van der Waals surface area contributed by atoms with Crippen LogP contribution in [0.5, 0.6) is 0 Å². The second-order valence-electron chi connectivity index (χ2n) is 6.29. The zero-order valence-corrected chi connectivity index (χ0v) is 20.0. The Morgan fingerprint density at radius 3 is 2.78 bits per heavy atom. The first kappa shape index (κ1) is 22.4. The Hall–Kier alpha value is -0.870. The number of hydrogen-bond acceptors (Lipinski definition) is 3. The van der Waals surface area contributed by atoms with Gasteiger partial charge in [0, 0.05) is 35.7 Å². The van der Waals surface area contributed by atoms with Crippen LogP contribution in [0.25, 0.3) is 0 Å². The van der Waals surface area contributed by atoms with Crippen molar-refractivity contribution in [2.24, 2.45) is 4.99 Å². The minimum absolute atomic E-state index is 0. The monoisotopic (exact) mass is 566 g/mol. The molecule has 2 heterocycles. The summed E-state index contributed by atoms with van der Waals surface area (Å²) in [5, 5.41) is 10.2. The van der Waals surface area contributed by atoms with E-state index >= 15 is 0 Å². The summed E-state index contributed by atoms with van der Waals surface area (Å²) in [4.78, 5) is 7.01. The van der Waals surface area contributed by atoms with Crippen molar-refractivity contribution in [2.75, 3.05) is 24.5 Å². The number of guanidine groups is 1. The third kappa shape index (κ3) is 6.60. The lowest BCUT2D eigenvalue weighted by Gasteiger charge is -2.33. The van der Waals surface area contributed by atoms with Crippen LogP contribution in [0.3, 0.4) is 0 Å². The zero-order chi connectivity index (χ0) is 18.4. The molecule has 1 aromatic carbocycles. The smallest absolute Gasteiger partial charge is 0.191 e. The van der Waals surface area contributed by atoms with E-state index < -0.39 is 0 Å². The van der Waals surface area contributed by atoms with Crippen molar-refractivity contribution >= 4 is 62.2 Å². The molecule has 8 heteroatoms. The number of aliphatic imine (C=N–C) groups is 1. The summed E-state index contributed by atoms with van der Waals surface area (Å²) in [6, 6.07) is 9.61. The predicted molar refractivity (Wildman–Crippen MR) is 127 cm³/mol. The van der Waals surface area contributed by atoms with Crippen LogP contribution in [0.15, 0.2) is 45.2 Å². The molecule has 148 valence electrons. The molecule has 1 aliphatic rings. The maximum atomic E-state index is 13.9. The van der Waals surface area contributed by atoms with Gasteiger partial charge >= 0.3 is 0 Å². The van der Waals surface area contributed by atoms with Gasteiger partial charge in [0.2, 0.25) is 0 Å². The number of anilines is 1. The van der Waals surface area contributed by atoms with E-state index in [1.54, 1.807) is 23.5 Å². The number of hydrogen-bond donors (Lipinski definition) is 2. The molecule has 4 nitrogen and oxygen atoms in total. The molecule has 0 bridgehead atoms. The molecule has 0 amide bonds. The summed E-state index contributed by atoms with van der Waals surface area (Å²) in [5.74, 6) is 0.526. The molecule has 1 fully saturated rings. The lowest BCUT2D eigenvalue weighted by molar-refractivity contribution is 0.462. The molecule has 0 unspecified atom stereocenters. The molecule has 0 atom stereocenters. The largest absolute Gasteiger partial charge is 0.363 e. The first-order valence-electron chi connectivity index (χ1n) is 8.93. The van der Waals surface area contributed by atoms with E-state index in [0.29, 0.717) is 18.2 Å². The van der Waals surface area contributed by atoms with Crippen molar-refractivity contribution in [2.45, 2.75) is 32.4 Å². The SMILES string of the molecule is CCNC(=NCc1cc(Br)ccc1F)NC1CCN(c2cccs2)CC1.I. The second-order valence-corrected chi connectivity index (χ2v) is 8.13. The fraction of sp³-hybridized carbons (Fsp3) is 0.421. The molecule has 2 N–H and O–H groups in total. The van der Waals surface area contributed by atoms with Crippen molar-refractivity contribution in [1.82, 2.24) is 10.6 Å². The number of nitrogens with zero attached hydrogens (tertiary/aromatic N) is 2. The zero-order valence-electron chi connectivity index (χ0n) is 15.3. The van der Waals surface area contributed by atoms with Gasteiger partial charge in [-0.1, -0.05) is 15.9 Å². The van der Waals surface area contributed by atoms with Crippen LogP contribution in [-0.4, -0.2) is 31.6 Å². The van der Waals surface area contributed by atoms with Crippen LogP contribution >= 0.6 is 51.2 Å². The molecule has 1 saturated heterocycles. The lowest BCUT2D eigenvalue weighted by atomic mass is 10.1. The Morgan fingerprint density at radius 1 is 1.33 bits per heavy atom. The van der Waals surface area contributed by atoms with Crippen LogP contribution in [0, 0.1) is 5.82 Å².